The number of nitriles is 1. The largest absolute Gasteiger partial charge is 0.326 e. The van der Waals surface area contributed by atoms with Crippen molar-refractivity contribution in [2.45, 2.75) is 12.8 Å². The number of nitrogens with zero attached hydrogens (tertiary/aromatic N) is 1. The Morgan fingerprint density at radius 1 is 1.64 bits per heavy atom. The van der Waals surface area contributed by atoms with Gasteiger partial charge in [-0.25, -0.2) is 0 Å². The van der Waals surface area contributed by atoms with Gasteiger partial charge in [-0.05, 0) is 12.8 Å². The van der Waals surface area contributed by atoms with Crippen molar-refractivity contribution in [2.24, 2.45) is 0 Å². The van der Waals surface area contributed by atoms with Crippen LogP contribution in [0.2, 0.25) is 0 Å². The van der Waals surface area contributed by atoms with Crippen molar-refractivity contribution in [3.63, 3.8) is 0 Å². The van der Waals surface area contributed by atoms with E-state index in [1.165, 1.54) is 6.42 Å². The van der Waals surface area contributed by atoms with Crippen molar-refractivity contribution in [2.75, 3.05) is 19.0 Å². The van der Waals surface area contributed by atoms with E-state index in [-0.39, 0.29) is 6.61 Å². The molecule has 3 nitrogen and oxygen atoms in total. The molecule has 0 aromatic rings. The van der Waals surface area contributed by atoms with Crippen LogP contribution in [0.3, 0.4) is 0 Å². The lowest BCUT2D eigenvalue weighted by atomic mass is 10.4. The first-order chi connectivity index (χ1) is 5.43. The third kappa shape index (κ3) is 3.93. The Bertz CT molecular complexity index is 142. The van der Waals surface area contributed by atoms with Crippen LogP contribution < -0.4 is 0 Å². The van der Waals surface area contributed by atoms with E-state index in [0.29, 0.717) is 0 Å². The van der Waals surface area contributed by atoms with E-state index in [1.54, 1.807) is 11.4 Å². The molecule has 0 saturated carbocycles. The summed E-state index contributed by atoms with van der Waals surface area (Å²) < 4.78 is 10.5. The lowest BCUT2D eigenvalue weighted by molar-refractivity contribution is 0.280. The highest BCUT2D eigenvalue weighted by Gasteiger charge is 2.13. The Kier molecular flexibility index (Phi) is 4.89. The molecule has 1 aliphatic heterocycles. The van der Waals surface area contributed by atoms with Crippen molar-refractivity contribution in [3.8, 4) is 6.07 Å². The van der Waals surface area contributed by atoms with Gasteiger partial charge in [-0.15, -0.1) is 0 Å². The molecule has 0 aromatic heterocycles. The van der Waals surface area contributed by atoms with Gasteiger partial charge >= 0.3 is 0 Å². The van der Waals surface area contributed by atoms with Crippen LogP contribution in [-0.2, 0) is 9.05 Å². The third-order valence-electron chi connectivity index (χ3n) is 1.17. The van der Waals surface area contributed by atoms with E-state index in [1.807, 2.05) is 6.07 Å². The summed E-state index contributed by atoms with van der Waals surface area (Å²) >= 11 is 1.69. The first-order valence-corrected chi connectivity index (χ1v) is 6.26. The lowest BCUT2D eigenvalue weighted by Gasteiger charge is -2.09. The average molecular weight is 191 g/mol. The first kappa shape index (κ1) is 9.28. The van der Waals surface area contributed by atoms with Crippen LogP contribution in [0, 0.1) is 11.3 Å². The summed E-state index contributed by atoms with van der Waals surface area (Å²) in [6, 6.07) is 1.94. The lowest BCUT2D eigenvalue weighted by Crippen LogP contribution is -1.88. The zero-order valence-electron chi connectivity index (χ0n) is 6.15. The van der Waals surface area contributed by atoms with Gasteiger partial charge in [0, 0.05) is 5.75 Å². The highest BCUT2D eigenvalue weighted by atomic mass is 32.7. The van der Waals surface area contributed by atoms with Crippen LogP contribution in [0.1, 0.15) is 12.8 Å². The normalized spacial score (nSPS) is 25.5. The smallest absolute Gasteiger partial charge is 0.239 e. The van der Waals surface area contributed by atoms with Crippen LogP contribution in [0.25, 0.3) is 0 Å². The molecule has 0 aliphatic carbocycles. The summed E-state index contributed by atoms with van der Waals surface area (Å²) in [5.74, 6) is 1.09. The Balaban J connectivity index is 2.15. The zero-order chi connectivity index (χ0) is 7.94. The molecule has 0 spiro atoms. The first-order valence-electron chi connectivity index (χ1n) is 3.49. The van der Waals surface area contributed by atoms with E-state index in [4.69, 9.17) is 14.3 Å². The molecule has 5 heteroatoms. The Labute approximate surface area is 71.7 Å². The summed E-state index contributed by atoms with van der Waals surface area (Å²) in [5.41, 5.74) is 0. The van der Waals surface area contributed by atoms with E-state index in [9.17, 15) is 0 Å². The standard InChI is InChI=1S/C6H10NO2PS/c7-3-5-9-10-8-4-1-2-6-11-10/h1-2,4-6H2. The molecule has 1 saturated heterocycles. The van der Waals surface area contributed by atoms with Crippen LogP contribution in [0.15, 0.2) is 0 Å². The van der Waals surface area contributed by atoms with E-state index in [2.05, 4.69) is 0 Å². The quantitative estimate of drug-likeness (QED) is 0.628. The molecule has 62 valence electrons. The molecule has 11 heavy (non-hydrogen) atoms. The van der Waals surface area contributed by atoms with Crippen LogP contribution in [0.5, 0.6) is 0 Å². The molecular formula is C6H10NO2PS. The van der Waals surface area contributed by atoms with Crippen LogP contribution in [0.4, 0.5) is 0 Å². The van der Waals surface area contributed by atoms with Crippen molar-refractivity contribution in [1.82, 2.24) is 0 Å². The minimum atomic E-state index is -0.810. The van der Waals surface area contributed by atoms with Crippen molar-refractivity contribution in [1.29, 1.82) is 5.26 Å². The fourth-order valence-electron chi connectivity index (χ4n) is 0.676. The SMILES string of the molecule is N#CCOP1OCCCCS1. The van der Waals surface area contributed by atoms with Gasteiger partial charge in [0.05, 0.1) is 12.7 Å². The van der Waals surface area contributed by atoms with Gasteiger partial charge in [-0.1, -0.05) is 11.4 Å². The summed E-state index contributed by atoms with van der Waals surface area (Å²) in [6.07, 6.45) is 2.31. The maximum absolute atomic E-state index is 8.24. The molecule has 1 aliphatic rings. The zero-order valence-corrected chi connectivity index (χ0v) is 7.87. The van der Waals surface area contributed by atoms with Crippen molar-refractivity contribution >= 4 is 19.0 Å². The van der Waals surface area contributed by atoms with E-state index >= 15 is 0 Å². The maximum atomic E-state index is 8.24. The predicted molar refractivity (Wildman–Crippen MR) is 46.1 cm³/mol. The van der Waals surface area contributed by atoms with Crippen molar-refractivity contribution in [3.05, 3.63) is 0 Å². The van der Waals surface area contributed by atoms with Gasteiger partial charge in [-0.2, -0.15) is 5.26 Å². The second kappa shape index (κ2) is 5.79. The molecule has 1 atom stereocenters. The Morgan fingerprint density at radius 2 is 2.55 bits per heavy atom. The second-order valence-corrected chi connectivity index (χ2v) is 5.33. The minimum absolute atomic E-state index is 0.151. The van der Waals surface area contributed by atoms with Gasteiger partial charge in [0.25, 0.3) is 0 Å². The summed E-state index contributed by atoms with van der Waals surface area (Å²) in [4.78, 5) is 0. The molecule has 0 aromatic carbocycles. The van der Waals surface area contributed by atoms with Gasteiger partial charge in [-0.3, -0.25) is 0 Å². The molecule has 0 amide bonds. The van der Waals surface area contributed by atoms with E-state index in [0.717, 1.165) is 18.8 Å². The average Bonchev–Trinajstić information content (AvgIpc) is 2.28. The highest BCUT2D eigenvalue weighted by Crippen LogP contribution is 2.53. The number of hydrogen-bond donors (Lipinski definition) is 0. The summed E-state index contributed by atoms with van der Waals surface area (Å²) in [5, 5.41) is 8.24. The van der Waals surface area contributed by atoms with E-state index < -0.39 is 7.58 Å². The van der Waals surface area contributed by atoms with Crippen LogP contribution in [-0.4, -0.2) is 19.0 Å². The van der Waals surface area contributed by atoms with Gasteiger partial charge in [0.15, 0.2) is 0 Å². The Morgan fingerprint density at radius 3 is 3.36 bits per heavy atom. The molecule has 1 fully saturated rings. The third-order valence-corrected chi connectivity index (χ3v) is 4.39. The second-order valence-electron chi connectivity index (χ2n) is 2.03. The molecule has 0 bridgehead atoms. The fraction of sp³-hybridized carbons (Fsp3) is 0.833. The Hall–Kier alpha value is 0.190. The fourth-order valence-corrected chi connectivity index (χ4v) is 3.49. The molecule has 0 radical (unpaired) electrons. The summed E-state index contributed by atoms with van der Waals surface area (Å²) in [6.45, 7) is 0.933. The van der Waals surface area contributed by atoms with Gasteiger partial charge in [0.1, 0.15) is 6.61 Å². The topological polar surface area (TPSA) is 42.2 Å². The molecule has 1 unspecified atom stereocenters. The minimum Gasteiger partial charge on any atom is -0.326 e. The highest BCUT2D eigenvalue weighted by molar-refractivity contribution is 8.52. The molecule has 1 rings (SSSR count). The molecular weight excluding hydrogens is 181 g/mol. The number of rotatable bonds is 2. The van der Waals surface area contributed by atoms with Crippen LogP contribution >= 0.6 is 19.0 Å². The molecule has 0 N–H and O–H groups in total. The number of hydrogen-bond acceptors (Lipinski definition) is 4. The van der Waals surface area contributed by atoms with Gasteiger partial charge in [0.2, 0.25) is 7.58 Å². The predicted octanol–water partition coefficient (Wildman–Crippen LogP) is 2.30. The summed E-state index contributed by atoms with van der Waals surface area (Å²) in [7, 11) is -0.810. The maximum Gasteiger partial charge on any atom is 0.239 e. The van der Waals surface area contributed by atoms with Gasteiger partial charge < -0.3 is 9.05 Å². The van der Waals surface area contributed by atoms with Crippen molar-refractivity contribution < 1.29 is 9.05 Å². The molecule has 1 heterocycles. The monoisotopic (exact) mass is 191 g/mol.